The molecule has 0 unspecified atom stereocenters. The van der Waals surface area contributed by atoms with Crippen LogP contribution in [-0.4, -0.2) is 21.6 Å². The number of carbonyl (C=O) groups is 2. The number of carbonyl (C=O) groups excluding carboxylic acids is 1. The number of aromatic nitrogens is 1. The molecule has 2 aromatic carbocycles. The largest absolute Gasteiger partial charge is 0.478 e. The summed E-state index contributed by atoms with van der Waals surface area (Å²) in [6.45, 7) is 2.57. The fourth-order valence-corrected chi connectivity index (χ4v) is 2.90. The van der Waals surface area contributed by atoms with Crippen LogP contribution in [0.25, 0.3) is 21.8 Å². The molecule has 0 aliphatic rings. The van der Waals surface area contributed by atoms with E-state index in [1.54, 1.807) is 6.07 Å². The Hall–Kier alpha value is -2.82. The van der Waals surface area contributed by atoms with Crippen LogP contribution in [0.1, 0.15) is 27.6 Å². The maximum absolute atomic E-state index is 11.8. The van der Waals surface area contributed by atoms with Crippen molar-refractivity contribution in [2.24, 2.45) is 5.73 Å². The van der Waals surface area contributed by atoms with Crippen molar-refractivity contribution in [1.82, 2.24) is 4.57 Å². The Kier molecular flexibility index (Phi) is 2.90. The molecule has 0 aliphatic carbocycles. The molecule has 0 spiro atoms. The minimum Gasteiger partial charge on any atom is -0.478 e. The van der Waals surface area contributed by atoms with Gasteiger partial charge in [0, 0.05) is 22.8 Å². The Balaban J connectivity index is 2.61. The van der Waals surface area contributed by atoms with Gasteiger partial charge in [-0.3, -0.25) is 4.79 Å². The molecule has 3 aromatic rings. The van der Waals surface area contributed by atoms with Gasteiger partial charge in [0.2, 0.25) is 0 Å². The van der Waals surface area contributed by atoms with Crippen LogP contribution >= 0.6 is 0 Å². The van der Waals surface area contributed by atoms with E-state index in [0.29, 0.717) is 12.1 Å². The SMILES string of the molecule is CCn1c2ccccc2c2ccc(C(=O)O)c(C(N)=O)c21. The second-order valence-corrected chi connectivity index (χ2v) is 4.82. The zero-order chi connectivity index (χ0) is 15.1. The molecular formula is C16H14N2O3. The molecule has 5 nitrogen and oxygen atoms in total. The highest BCUT2D eigenvalue weighted by Gasteiger charge is 2.22. The molecular weight excluding hydrogens is 268 g/mol. The maximum atomic E-state index is 11.8. The number of aromatic carboxylic acids is 1. The van der Waals surface area contributed by atoms with Gasteiger partial charge in [0.1, 0.15) is 0 Å². The van der Waals surface area contributed by atoms with E-state index in [4.69, 9.17) is 5.73 Å². The summed E-state index contributed by atoms with van der Waals surface area (Å²) in [4.78, 5) is 23.2. The normalized spacial score (nSPS) is 11.1. The van der Waals surface area contributed by atoms with E-state index in [1.807, 2.05) is 35.8 Å². The molecule has 3 rings (SSSR count). The smallest absolute Gasteiger partial charge is 0.336 e. The number of primary amides is 1. The molecule has 0 saturated heterocycles. The van der Waals surface area contributed by atoms with Gasteiger partial charge in [-0.15, -0.1) is 0 Å². The Morgan fingerprint density at radius 1 is 1.14 bits per heavy atom. The van der Waals surface area contributed by atoms with Gasteiger partial charge in [0.25, 0.3) is 5.91 Å². The summed E-state index contributed by atoms with van der Waals surface area (Å²) in [6, 6.07) is 10.9. The molecule has 1 amide bonds. The van der Waals surface area contributed by atoms with Crippen LogP contribution in [0.4, 0.5) is 0 Å². The van der Waals surface area contributed by atoms with Gasteiger partial charge in [-0.05, 0) is 19.1 Å². The average molecular weight is 282 g/mol. The van der Waals surface area contributed by atoms with Crippen molar-refractivity contribution in [3.8, 4) is 0 Å². The lowest BCUT2D eigenvalue weighted by atomic mass is 10.0. The van der Waals surface area contributed by atoms with Gasteiger partial charge >= 0.3 is 5.97 Å². The first-order chi connectivity index (χ1) is 10.1. The number of benzene rings is 2. The number of carboxylic acid groups (broad SMARTS) is 1. The van der Waals surface area contributed by atoms with Gasteiger partial charge < -0.3 is 15.4 Å². The number of nitrogens with two attached hydrogens (primary N) is 1. The van der Waals surface area contributed by atoms with Crippen LogP contribution in [0.5, 0.6) is 0 Å². The number of amides is 1. The van der Waals surface area contributed by atoms with Gasteiger partial charge in [-0.25, -0.2) is 4.79 Å². The van der Waals surface area contributed by atoms with Gasteiger partial charge in [-0.2, -0.15) is 0 Å². The number of aryl methyl sites for hydroxylation is 1. The summed E-state index contributed by atoms with van der Waals surface area (Å²) in [5.41, 5.74) is 7.00. The highest BCUT2D eigenvalue weighted by atomic mass is 16.4. The molecule has 21 heavy (non-hydrogen) atoms. The molecule has 0 atom stereocenters. The van der Waals surface area contributed by atoms with Crippen molar-refractivity contribution >= 4 is 33.7 Å². The zero-order valence-corrected chi connectivity index (χ0v) is 11.5. The highest BCUT2D eigenvalue weighted by Crippen LogP contribution is 2.32. The van der Waals surface area contributed by atoms with Crippen molar-refractivity contribution in [2.45, 2.75) is 13.5 Å². The van der Waals surface area contributed by atoms with E-state index < -0.39 is 11.9 Å². The van der Waals surface area contributed by atoms with Crippen LogP contribution in [0.15, 0.2) is 36.4 Å². The molecule has 0 bridgehead atoms. The summed E-state index contributed by atoms with van der Waals surface area (Å²) in [7, 11) is 0. The predicted molar refractivity (Wildman–Crippen MR) is 80.6 cm³/mol. The summed E-state index contributed by atoms with van der Waals surface area (Å²) < 4.78 is 1.93. The molecule has 0 fully saturated rings. The number of hydrogen-bond acceptors (Lipinski definition) is 2. The van der Waals surface area contributed by atoms with Gasteiger partial charge in [0.05, 0.1) is 16.6 Å². The Bertz CT molecular complexity index is 893. The third kappa shape index (κ3) is 1.78. The van der Waals surface area contributed by atoms with Crippen molar-refractivity contribution in [1.29, 1.82) is 0 Å². The Morgan fingerprint density at radius 3 is 2.48 bits per heavy atom. The van der Waals surface area contributed by atoms with Crippen LogP contribution in [0, 0.1) is 0 Å². The third-order valence-electron chi connectivity index (χ3n) is 3.73. The monoisotopic (exact) mass is 282 g/mol. The second-order valence-electron chi connectivity index (χ2n) is 4.82. The van der Waals surface area contributed by atoms with Crippen molar-refractivity contribution in [3.05, 3.63) is 47.5 Å². The number of fused-ring (bicyclic) bond motifs is 3. The van der Waals surface area contributed by atoms with Crippen LogP contribution < -0.4 is 5.73 Å². The number of hydrogen-bond donors (Lipinski definition) is 2. The lowest BCUT2D eigenvalue weighted by Crippen LogP contribution is -2.18. The zero-order valence-electron chi connectivity index (χ0n) is 11.5. The van der Waals surface area contributed by atoms with Crippen LogP contribution in [0.3, 0.4) is 0 Å². The number of nitrogens with zero attached hydrogens (tertiary/aromatic N) is 1. The maximum Gasteiger partial charge on any atom is 0.336 e. The van der Waals surface area contributed by atoms with Gasteiger partial charge in [-0.1, -0.05) is 24.3 Å². The van der Waals surface area contributed by atoms with E-state index in [2.05, 4.69) is 0 Å². The van der Waals surface area contributed by atoms with E-state index in [1.165, 1.54) is 6.07 Å². The average Bonchev–Trinajstić information content (AvgIpc) is 2.79. The van der Waals surface area contributed by atoms with E-state index >= 15 is 0 Å². The van der Waals surface area contributed by atoms with E-state index in [-0.39, 0.29) is 11.1 Å². The molecule has 0 radical (unpaired) electrons. The third-order valence-corrected chi connectivity index (χ3v) is 3.73. The van der Waals surface area contributed by atoms with Crippen molar-refractivity contribution in [3.63, 3.8) is 0 Å². The summed E-state index contributed by atoms with van der Waals surface area (Å²) in [6.07, 6.45) is 0. The fourth-order valence-electron chi connectivity index (χ4n) is 2.90. The fraction of sp³-hybridized carbons (Fsp3) is 0.125. The van der Waals surface area contributed by atoms with E-state index in [0.717, 1.165) is 16.3 Å². The Labute approximate surface area is 120 Å². The quantitative estimate of drug-likeness (QED) is 0.774. The molecule has 1 aromatic heterocycles. The van der Waals surface area contributed by atoms with Crippen molar-refractivity contribution < 1.29 is 14.7 Å². The highest BCUT2D eigenvalue weighted by molar-refractivity contribution is 6.19. The summed E-state index contributed by atoms with van der Waals surface area (Å²) >= 11 is 0. The standard InChI is InChI=1S/C16H14N2O3/c1-2-18-12-6-4-3-5-9(12)10-7-8-11(16(20)21)13(14(10)18)15(17)19/h3-8H,2H2,1H3,(H2,17,19)(H,20,21). The first-order valence-corrected chi connectivity index (χ1v) is 6.63. The Morgan fingerprint density at radius 2 is 1.86 bits per heavy atom. The predicted octanol–water partition coefficient (Wildman–Crippen LogP) is 2.61. The second kappa shape index (κ2) is 4.63. The lowest BCUT2D eigenvalue weighted by Gasteiger charge is -2.09. The molecule has 3 N–H and O–H groups in total. The lowest BCUT2D eigenvalue weighted by molar-refractivity contribution is 0.0692. The minimum absolute atomic E-state index is 0.0625. The molecule has 1 heterocycles. The van der Waals surface area contributed by atoms with Gasteiger partial charge in [0.15, 0.2) is 0 Å². The number of rotatable bonds is 3. The topological polar surface area (TPSA) is 85.3 Å². The first-order valence-electron chi connectivity index (χ1n) is 6.63. The molecule has 106 valence electrons. The molecule has 0 aliphatic heterocycles. The molecule has 5 heteroatoms. The number of para-hydroxylation sites is 1. The summed E-state index contributed by atoms with van der Waals surface area (Å²) in [5, 5.41) is 11.1. The van der Waals surface area contributed by atoms with Crippen LogP contribution in [-0.2, 0) is 6.54 Å². The summed E-state index contributed by atoms with van der Waals surface area (Å²) in [5.74, 6) is -1.88. The minimum atomic E-state index is -1.15. The first kappa shape index (κ1) is 13.2. The van der Waals surface area contributed by atoms with E-state index in [9.17, 15) is 14.7 Å². The number of carboxylic acids is 1. The van der Waals surface area contributed by atoms with Crippen LogP contribution in [0.2, 0.25) is 0 Å². The van der Waals surface area contributed by atoms with Crippen molar-refractivity contribution in [2.75, 3.05) is 0 Å². The molecule has 0 saturated carbocycles.